The molecule has 0 spiro atoms. The topological polar surface area (TPSA) is 68.2 Å². The van der Waals surface area contributed by atoms with Crippen LogP contribution >= 0.6 is 11.6 Å². The van der Waals surface area contributed by atoms with Crippen LogP contribution in [0.4, 0.5) is 5.95 Å². The molecule has 6 nitrogen and oxygen atoms in total. The van der Waals surface area contributed by atoms with Gasteiger partial charge in [-0.05, 0) is 43.2 Å². The minimum Gasteiger partial charge on any atom is -0.463 e. The molecule has 0 aromatic carbocycles. The molecule has 4 aromatic heterocycles. The van der Waals surface area contributed by atoms with Gasteiger partial charge in [-0.15, -0.1) is 0 Å². The lowest BCUT2D eigenvalue weighted by Gasteiger charge is -2.12. The van der Waals surface area contributed by atoms with Crippen LogP contribution in [0.15, 0.2) is 53.3 Å². The fourth-order valence-corrected chi connectivity index (χ4v) is 3.90. The molecule has 27 heavy (non-hydrogen) atoms. The van der Waals surface area contributed by atoms with E-state index in [4.69, 9.17) is 21.0 Å². The Morgan fingerprint density at radius 3 is 2.81 bits per heavy atom. The molecule has 0 radical (unpaired) electrons. The normalized spacial score (nSPS) is 14.9. The van der Waals surface area contributed by atoms with E-state index in [1.165, 1.54) is 12.8 Å². The molecule has 1 fully saturated rings. The molecule has 0 unspecified atom stereocenters. The lowest BCUT2D eigenvalue weighted by Crippen LogP contribution is -2.16. The maximum atomic E-state index is 6.36. The summed E-state index contributed by atoms with van der Waals surface area (Å²) in [7, 11) is 0. The van der Waals surface area contributed by atoms with Crippen molar-refractivity contribution >= 4 is 23.1 Å². The fraction of sp³-hybridized carbons (Fsp3) is 0.250. The van der Waals surface area contributed by atoms with E-state index in [0.717, 1.165) is 29.6 Å². The van der Waals surface area contributed by atoms with Gasteiger partial charge in [-0.1, -0.05) is 30.5 Å². The van der Waals surface area contributed by atoms with Gasteiger partial charge >= 0.3 is 0 Å². The van der Waals surface area contributed by atoms with E-state index in [0.29, 0.717) is 28.6 Å². The van der Waals surface area contributed by atoms with Crippen molar-refractivity contribution < 1.29 is 4.42 Å². The van der Waals surface area contributed by atoms with Crippen LogP contribution in [0.2, 0.25) is 5.15 Å². The van der Waals surface area contributed by atoms with E-state index in [2.05, 4.69) is 15.4 Å². The average molecular weight is 380 g/mol. The first kappa shape index (κ1) is 16.3. The second-order valence-electron chi connectivity index (χ2n) is 6.74. The number of hydrogen-bond acceptors (Lipinski definition) is 5. The Kier molecular flexibility index (Phi) is 4.05. The van der Waals surface area contributed by atoms with Gasteiger partial charge in [0.15, 0.2) is 5.76 Å². The zero-order chi connectivity index (χ0) is 18.2. The van der Waals surface area contributed by atoms with Crippen molar-refractivity contribution in [2.45, 2.75) is 31.7 Å². The number of halogens is 1. The molecule has 0 amide bonds. The summed E-state index contributed by atoms with van der Waals surface area (Å²) in [5.41, 5.74) is 3.25. The maximum Gasteiger partial charge on any atom is 0.223 e. The van der Waals surface area contributed by atoms with Gasteiger partial charge in [0, 0.05) is 12.2 Å². The van der Waals surface area contributed by atoms with E-state index in [9.17, 15) is 0 Å². The van der Waals surface area contributed by atoms with Crippen LogP contribution in [-0.4, -0.2) is 25.6 Å². The zero-order valence-electron chi connectivity index (χ0n) is 14.6. The van der Waals surface area contributed by atoms with Crippen LogP contribution in [0.25, 0.3) is 28.2 Å². The number of rotatable bonds is 4. The minimum absolute atomic E-state index is 0.447. The van der Waals surface area contributed by atoms with Crippen molar-refractivity contribution in [3.8, 4) is 22.7 Å². The molecule has 7 heteroatoms. The summed E-state index contributed by atoms with van der Waals surface area (Å²) in [5, 5.41) is 8.66. The smallest absolute Gasteiger partial charge is 0.223 e. The quantitative estimate of drug-likeness (QED) is 0.502. The second kappa shape index (κ2) is 6.70. The van der Waals surface area contributed by atoms with Gasteiger partial charge in [0.2, 0.25) is 5.95 Å². The molecule has 1 aliphatic rings. The number of nitrogens with one attached hydrogen (secondary N) is 1. The molecular formula is C20H18ClN5O. The van der Waals surface area contributed by atoms with Crippen molar-refractivity contribution in [2.75, 3.05) is 5.32 Å². The summed E-state index contributed by atoms with van der Waals surface area (Å²) in [4.78, 5) is 9.17. The van der Waals surface area contributed by atoms with Gasteiger partial charge in [0.25, 0.3) is 0 Å². The van der Waals surface area contributed by atoms with Crippen molar-refractivity contribution in [1.82, 2.24) is 19.6 Å². The Morgan fingerprint density at radius 2 is 2.00 bits per heavy atom. The van der Waals surface area contributed by atoms with Gasteiger partial charge in [-0.2, -0.15) is 5.10 Å². The summed E-state index contributed by atoms with van der Waals surface area (Å²) < 4.78 is 7.32. The Balaban J connectivity index is 1.66. The summed E-state index contributed by atoms with van der Waals surface area (Å²) in [5.74, 6) is 1.32. The molecule has 1 aliphatic carbocycles. The highest BCUT2D eigenvalue weighted by Crippen LogP contribution is 2.35. The maximum absolute atomic E-state index is 6.36. The van der Waals surface area contributed by atoms with Crippen LogP contribution in [0.3, 0.4) is 0 Å². The van der Waals surface area contributed by atoms with E-state index < -0.39 is 0 Å². The highest BCUT2D eigenvalue weighted by molar-refractivity contribution is 6.29. The van der Waals surface area contributed by atoms with Crippen molar-refractivity contribution in [3.63, 3.8) is 0 Å². The summed E-state index contributed by atoms with van der Waals surface area (Å²) in [6, 6.07) is 11.8. The van der Waals surface area contributed by atoms with Crippen molar-refractivity contribution in [3.05, 3.63) is 54.0 Å². The molecule has 0 aliphatic heterocycles. The van der Waals surface area contributed by atoms with Gasteiger partial charge in [-0.3, -0.25) is 0 Å². The predicted molar refractivity (Wildman–Crippen MR) is 105 cm³/mol. The van der Waals surface area contributed by atoms with Crippen LogP contribution in [0.1, 0.15) is 25.7 Å². The number of aromatic nitrogens is 4. The number of fused-ring (bicyclic) bond motifs is 1. The fourth-order valence-electron chi connectivity index (χ4n) is 3.70. The highest BCUT2D eigenvalue weighted by Gasteiger charge is 2.21. The second-order valence-corrected chi connectivity index (χ2v) is 7.12. The first-order chi connectivity index (χ1) is 13.3. The third-order valence-corrected chi connectivity index (χ3v) is 5.25. The Morgan fingerprint density at radius 1 is 1.11 bits per heavy atom. The first-order valence-electron chi connectivity index (χ1n) is 9.11. The summed E-state index contributed by atoms with van der Waals surface area (Å²) >= 11 is 6.36. The monoisotopic (exact) mass is 379 g/mol. The largest absolute Gasteiger partial charge is 0.463 e. The molecule has 1 saturated carbocycles. The van der Waals surface area contributed by atoms with Crippen LogP contribution in [0, 0.1) is 0 Å². The summed E-state index contributed by atoms with van der Waals surface area (Å²) in [6.45, 7) is 0. The van der Waals surface area contributed by atoms with E-state index in [1.54, 1.807) is 17.0 Å². The Hall–Kier alpha value is -2.86. The molecule has 0 saturated heterocycles. The first-order valence-corrected chi connectivity index (χ1v) is 9.48. The standard InChI is InChI=1S/C20H18ClN5O/c21-17-9-3-7-15-18(19(25-26(15)17)16-8-4-12-27-16)14-10-11-22-20(24-14)23-13-5-1-2-6-13/h3-4,7-13H,1-2,5-6H2,(H,22,23,24). The van der Waals surface area contributed by atoms with Crippen molar-refractivity contribution in [2.24, 2.45) is 0 Å². The number of anilines is 1. The average Bonchev–Trinajstić information content (AvgIpc) is 3.42. The molecule has 1 N–H and O–H groups in total. The summed E-state index contributed by atoms with van der Waals surface area (Å²) in [6.07, 6.45) is 8.26. The highest BCUT2D eigenvalue weighted by atomic mass is 35.5. The number of nitrogens with zero attached hydrogens (tertiary/aromatic N) is 4. The van der Waals surface area contributed by atoms with Gasteiger partial charge in [-0.25, -0.2) is 14.5 Å². The number of hydrogen-bond donors (Lipinski definition) is 1. The Labute approximate surface area is 161 Å². The molecule has 5 rings (SSSR count). The lowest BCUT2D eigenvalue weighted by atomic mass is 10.1. The molecule has 4 heterocycles. The SMILES string of the molecule is Clc1cccc2c(-c3ccnc(NC4CCCC4)n3)c(-c3ccco3)nn12. The number of furan rings is 1. The number of pyridine rings is 1. The zero-order valence-corrected chi connectivity index (χ0v) is 15.4. The minimum atomic E-state index is 0.447. The third-order valence-electron chi connectivity index (χ3n) is 4.97. The van der Waals surface area contributed by atoms with Gasteiger partial charge in [0.05, 0.1) is 23.0 Å². The molecule has 136 valence electrons. The van der Waals surface area contributed by atoms with E-state index in [-0.39, 0.29) is 0 Å². The molecule has 0 bridgehead atoms. The van der Waals surface area contributed by atoms with Gasteiger partial charge in [0.1, 0.15) is 10.8 Å². The van der Waals surface area contributed by atoms with Crippen LogP contribution in [-0.2, 0) is 0 Å². The van der Waals surface area contributed by atoms with E-state index >= 15 is 0 Å². The van der Waals surface area contributed by atoms with Gasteiger partial charge < -0.3 is 9.73 Å². The lowest BCUT2D eigenvalue weighted by molar-refractivity contribution is 0.579. The Bertz CT molecular complexity index is 1080. The third kappa shape index (κ3) is 2.96. The van der Waals surface area contributed by atoms with E-state index in [1.807, 2.05) is 36.4 Å². The molecular weight excluding hydrogens is 362 g/mol. The predicted octanol–water partition coefficient (Wildman–Crippen LogP) is 5.06. The molecule has 4 aromatic rings. The van der Waals surface area contributed by atoms with Crippen molar-refractivity contribution in [1.29, 1.82) is 0 Å². The van der Waals surface area contributed by atoms with Crippen LogP contribution < -0.4 is 5.32 Å². The molecule has 0 atom stereocenters. The van der Waals surface area contributed by atoms with Crippen LogP contribution in [0.5, 0.6) is 0 Å².